The van der Waals surface area contributed by atoms with Crippen molar-refractivity contribution < 1.29 is 26.3 Å². The van der Waals surface area contributed by atoms with Crippen molar-refractivity contribution in [3.05, 3.63) is 71.9 Å². The van der Waals surface area contributed by atoms with Crippen molar-refractivity contribution in [2.24, 2.45) is 0 Å². The molecule has 0 amide bonds. The lowest BCUT2D eigenvalue weighted by atomic mass is 10.0. The molecule has 3 rings (SSSR count). The SMILES string of the molecule is FC(F)(F)c1cc(Cn2cncc2-c2cccnc2)cc(C(F)(F)F)c1. The molecule has 0 N–H and O–H groups in total. The summed E-state index contributed by atoms with van der Waals surface area (Å²) in [5.74, 6) is 0. The molecular weight excluding hydrogens is 360 g/mol. The van der Waals surface area contributed by atoms with E-state index in [4.69, 9.17) is 0 Å². The van der Waals surface area contributed by atoms with Crippen LogP contribution in [0.3, 0.4) is 0 Å². The number of rotatable bonds is 3. The maximum Gasteiger partial charge on any atom is 0.416 e. The molecule has 1 aromatic carbocycles. The normalized spacial score (nSPS) is 12.4. The molecule has 0 aliphatic rings. The summed E-state index contributed by atoms with van der Waals surface area (Å²) in [6.07, 6.45) is -3.87. The van der Waals surface area contributed by atoms with Crippen LogP contribution in [0.15, 0.2) is 55.2 Å². The zero-order valence-corrected chi connectivity index (χ0v) is 13.0. The first-order valence-electron chi connectivity index (χ1n) is 7.33. The summed E-state index contributed by atoms with van der Waals surface area (Å²) in [5, 5.41) is 0. The topological polar surface area (TPSA) is 30.7 Å². The number of alkyl halides is 6. The molecule has 0 bridgehead atoms. The van der Waals surface area contributed by atoms with Crippen LogP contribution in [0.2, 0.25) is 0 Å². The maximum absolute atomic E-state index is 13.0. The van der Waals surface area contributed by atoms with Gasteiger partial charge in [0, 0.05) is 24.5 Å². The number of benzene rings is 1. The summed E-state index contributed by atoms with van der Waals surface area (Å²) in [7, 11) is 0. The number of halogens is 6. The summed E-state index contributed by atoms with van der Waals surface area (Å²) >= 11 is 0. The Balaban J connectivity index is 2.02. The number of aromatic nitrogens is 3. The fraction of sp³-hybridized carbons (Fsp3) is 0.176. The van der Waals surface area contributed by atoms with Gasteiger partial charge in [0.2, 0.25) is 0 Å². The van der Waals surface area contributed by atoms with Crippen molar-refractivity contribution in [2.45, 2.75) is 18.9 Å². The van der Waals surface area contributed by atoms with Crippen LogP contribution in [0.1, 0.15) is 16.7 Å². The number of nitrogens with zero attached hydrogens (tertiary/aromatic N) is 3. The van der Waals surface area contributed by atoms with Gasteiger partial charge in [-0.25, -0.2) is 4.98 Å². The molecule has 0 spiro atoms. The van der Waals surface area contributed by atoms with Crippen molar-refractivity contribution in [3.8, 4) is 11.3 Å². The lowest BCUT2D eigenvalue weighted by molar-refractivity contribution is -0.143. The zero-order valence-electron chi connectivity index (χ0n) is 13.0. The maximum atomic E-state index is 13.0. The van der Waals surface area contributed by atoms with Crippen molar-refractivity contribution in [1.29, 1.82) is 0 Å². The highest BCUT2D eigenvalue weighted by Crippen LogP contribution is 2.36. The van der Waals surface area contributed by atoms with Crippen LogP contribution in [-0.4, -0.2) is 14.5 Å². The van der Waals surface area contributed by atoms with E-state index in [-0.39, 0.29) is 18.2 Å². The third-order valence-electron chi connectivity index (χ3n) is 3.67. The first-order valence-corrected chi connectivity index (χ1v) is 7.33. The van der Waals surface area contributed by atoms with Gasteiger partial charge in [-0.3, -0.25) is 4.98 Å². The lowest BCUT2D eigenvalue weighted by Gasteiger charge is -2.15. The van der Waals surface area contributed by atoms with E-state index in [2.05, 4.69) is 9.97 Å². The fourth-order valence-electron chi connectivity index (χ4n) is 2.51. The van der Waals surface area contributed by atoms with Gasteiger partial charge in [-0.2, -0.15) is 26.3 Å². The summed E-state index contributed by atoms with van der Waals surface area (Å²) in [4.78, 5) is 7.87. The van der Waals surface area contributed by atoms with Crippen molar-refractivity contribution in [2.75, 3.05) is 0 Å². The third-order valence-corrected chi connectivity index (χ3v) is 3.67. The summed E-state index contributed by atoms with van der Waals surface area (Å²) in [6.45, 7) is -0.197. The van der Waals surface area contributed by atoms with Gasteiger partial charge in [-0.15, -0.1) is 0 Å². The van der Waals surface area contributed by atoms with Gasteiger partial charge in [0.1, 0.15) is 0 Å². The van der Waals surface area contributed by atoms with E-state index in [0.29, 0.717) is 23.4 Å². The third kappa shape index (κ3) is 3.87. The van der Waals surface area contributed by atoms with E-state index in [9.17, 15) is 26.3 Å². The molecule has 2 heterocycles. The molecule has 0 saturated heterocycles. The summed E-state index contributed by atoms with van der Waals surface area (Å²) < 4.78 is 79.3. The van der Waals surface area contributed by atoms with Gasteiger partial charge >= 0.3 is 12.4 Å². The number of pyridine rings is 1. The summed E-state index contributed by atoms with van der Waals surface area (Å²) in [6, 6.07) is 4.91. The van der Waals surface area contributed by atoms with E-state index >= 15 is 0 Å². The predicted octanol–water partition coefficient (Wildman–Crippen LogP) is 5.03. The van der Waals surface area contributed by atoms with Crippen molar-refractivity contribution >= 4 is 0 Å². The molecule has 136 valence electrons. The minimum absolute atomic E-state index is 0.111. The first-order chi connectivity index (χ1) is 12.1. The van der Waals surface area contributed by atoms with Gasteiger partial charge in [0.05, 0.1) is 29.3 Å². The zero-order chi connectivity index (χ0) is 18.9. The molecule has 2 aromatic heterocycles. The minimum Gasteiger partial charge on any atom is -0.326 e. The molecule has 0 atom stereocenters. The van der Waals surface area contributed by atoms with Crippen LogP contribution < -0.4 is 0 Å². The van der Waals surface area contributed by atoms with Crippen molar-refractivity contribution in [3.63, 3.8) is 0 Å². The molecular formula is C17H11F6N3. The van der Waals surface area contributed by atoms with Crippen LogP contribution in [0, 0.1) is 0 Å². The standard InChI is InChI=1S/C17H11F6N3/c18-16(19,20)13-4-11(5-14(6-13)17(21,22)23)9-26-10-25-8-15(26)12-2-1-3-24-7-12/h1-8,10H,9H2. The largest absolute Gasteiger partial charge is 0.416 e. The second-order valence-corrected chi connectivity index (χ2v) is 5.56. The fourth-order valence-corrected chi connectivity index (χ4v) is 2.51. The first kappa shape index (κ1) is 18.0. The molecule has 3 aromatic rings. The van der Waals surface area contributed by atoms with Crippen molar-refractivity contribution in [1.82, 2.24) is 14.5 Å². The van der Waals surface area contributed by atoms with Crippen LogP contribution >= 0.6 is 0 Å². The van der Waals surface area contributed by atoms with Crippen LogP contribution in [0.5, 0.6) is 0 Å². The number of hydrogen-bond acceptors (Lipinski definition) is 2. The molecule has 26 heavy (non-hydrogen) atoms. The lowest BCUT2D eigenvalue weighted by Crippen LogP contribution is -2.13. The average molecular weight is 371 g/mol. The van der Waals surface area contributed by atoms with Crippen LogP contribution in [0.4, 0.5) is 26.3 Å². The molecule has 0 unspecified atom stereocenters. The Morgan fingerprint density at radius 1 is 0.846 bits per heavy atom. The molecule has 0 aliphatic carbocycles. The van der Waals surface area contributed by atoms with E-state index in [1.807, 2.05) is 0 Å². The minimum atomic E-state index is -4.88. The van der Waals surface area contributed by atoms with Gasteiger partial charge in [-0.1, -0.05) is 0 Å². The predicted molar refractivity (Wildman–Crippen MR) is 81.0 cm³/mol. The highest BCUT2D eigenvalue weighted by atomic mass is 19.4. The Bertz CT molecular complexity index is 865. The Kier molecular flexibility index (Phi) is 4.47. The highest BCUT2D eigenvalue weighted by Gasteiger charge is 2.36. The molecule has 0 fully saturated rings. The Morgan fingerprint density at radius 3 is 2.04 bits per heavy atom. The van der Waals surface area contributed by atoms with E-state index in [1.165, 1.54) is 23.3 Å². The summed E-state index contributed by atoms with van der Waals surface area (Å²) in [5.41, 5.74) is -1.64. The molecule has 0 aliphatic heterocycles. The van der Waals surface area contributed by atoms with Gasteiger partial charge < -0.3 is 4.57 Å². The van der Waals surface area contributed by atoms with Crippen LogP contribution in [-0.2, 0) is 18.9 Å². The second kappa shape index (κ2) is 6.47. The number of hydrogen-bond donors (Lipinski definition) is 0. The molecule has 9 heteroatoms. The van der Waals surface area contributed by atoms with Gasteiger partial charge in [0.15, 0.2) is 0 Å². The monoisotopic (exact) mass is 371 g/mol. The Hall–Kier alpha value is -2.84. The molecule has 3 nitrogen and oxygen atoms in total. The van der Waals surface area contributed by atoms with E-state index < -0.39 is 23.5 Å². The quantitative estimate of drug-likeness (QED) is 0.605. The Labute approximate surface area is 143 Å². The van der Waals surface area contributed by atoms with Gasteiger partial charge in [-0.05, 0) is 35.9 Å². The van der Waals surface area contributed by atoms with Gasteiger partial charge in [0.25, 0.3) is 0 Å². The highest BCUT2D eigenvalue weighted by molar-refractivity contribution is 5.57. The second-order valence-electron chi connectivity index (χ2n) is 5.56. The number of imidazole rings is 1. The smallest absolute Gasteiger partial charge is 0.326 e. The van der Waals surface area contributed by atoms with E-state index in [1.54, 1.807) is 18.3 Å². The average Bonchev–Trinajstić information content (AvgIpc) is 3.02. The van der Waals surface area contributed by atoms with Crippen LogP contribution in [0.25, 0.3) is 11.3 Å². The Morgan fingerprint density at radius 2 is 1.50 bits per heavy atom. The molecule has 0 radical (unpaired) electrons. The molecule has 0 saturated carbocycles. The van der Waals surface area contributed by atoms with E-state index in [0.717, 1.165) is 0 Å².